The molecule has 0 atom stereocenters. The van der Waals surface area contributed by atoms with Gasteiger partial charge in [-0.25, -0.2) is 9.37 Å². The predicted molar refractivity (Wildman–Crippen MR) is 56.9 cm³/mol. The van der Waals surface area contributed by atoms with Gasteiger partial charge in [0.1, 0.15) is 11.6 Å². The van der Waals surface area contributed by atoms with Crippen LogP contribution in [0.15, 0.2) is 18.2 Å². The van der Waals surface area contributed by atoms with Crippen molar-refractivity contribution in [3.8, 4) is 16.3 Å². The van der Waals surface area contributed by atoms with Crippen molar-refractivity contribution in [2.75, 3.05) is 7.11 Å². The minimum absolute atomic E-state index is 0.111. The van der Waals surface area contributed by atoms with Crippen molar-refractivity contribution in [1.82, 2.24) is 9.36 Å². The average Bonchev–Trinajstić information content (AvgIpc) is 2.64. The van der Waals surface area contributed by atoms with Gasteiger partial charge in [-0.05, 0) is 35.3 Å². The first-order valence-electron chi connectivity index (χ1n) is 4.04. The summed E-state index contributed by atoms with van der Waals surface area (Å²) in [5, 5.41) is 0.523. The number of aromatic nitrogens is 2. The third-order valence-corrected chi connectivity index (χ3v) is 2.81. The van der Waals surface area contributed by atoms with Crippen molar-refractivity contribution in [3.63, 3.8) is 0 Å². The molecule has 78 valence electrons. The van der Waals surface area contributed by atoms with E-state index in [1.807, 2.05) is 0 Å². The number of rotatable bonds is 2. The van der Waals surface area contributed by atoms with Crippen molar-refractivity contribution >= 4 is 23.1 Å². The van der Waals surface area contributed by atoms with E-state index in [1.54, 1.807) is 12.1 Å². The highest BCUT2D eigenvalue weighted by molar-refractivity contribution is 7.09. The molecule has 15 heavy (non-hydrogen) atoms. The first-order valence-corrected chi connectivity index (χ1v) is 5.19. The van der Waals surface area contributed by atoms with E-state index in [1.165, 1.54) is 13.2 Å². The van der Waals surface area contributed by atoms with E-state index in [9.17, 15) is 4.39 Å². The Kier molecular flexibility index (Phi) is 2.83. The molecule has 0 radical (unpaired) electrons. The standard InChI is InChI=1S/C9H6ClFN2OS/c1-14-6-4-2-3-5(11)7(6)8-12-9(10)13-15-8/h2-4H,1H3. The second-order valence-corrected chi connectivity index (χ2v) is 3.78. The first-order chi connectivity index (χ1) is 7.22. The monoisotopic (exact) mass is 244 g/mol. The maximum Gasteiger partial charge on any atom is 0.234 e. The zero-order valence-corrected chi connectivity index (χ0v) is 9.27. The Labute approximate surface area is 94.7 Å². The van der Waals surface area contributed by atoms with Crippen molar-refractivity contribution in [1.29, 1.82) is 0 Å². The van der Waals surface area contributed by atoms with Gasteiger partial charge in [-0.2, -0.15) is 4.37 Å². The van der Waals surface area contributed by atoms with Gasteiger partial charge in [0.15, 0.2) is 5.01 Å². The molecule has 2 aromatic rings. The molecule has 0 aliphatic heterocycles. The highest BCUT2D eigenvalue weighted by Gasteiger charge is 2.15. The quantitative estimate of drug-likeness (QED) is 0.815. The normalized spacial score (nSPS) is 10.3. The summed E-state index contributed by atoms with van der Waals surface area (Å²) in [7, 11) is 1.47. The van der Waals surface area contributed by atoms with E-state index in [-0.39, 0.29) is 5.28 Å². The highest BCUT2D eigenvalue weighted by atomic mass is 35.5. The van der Waals surface area contributed by atoms with E-state index >= 15 is 0 Å². The van der Waals surface area contributed by atoms with Gasteiger partial charge in [-0.15, -0.1) is 0 Å². The number of hydrogen-bond donors (Lipinski definition) is 0. The Balaban J connectivity index is 2.60. The minimum atomic E-state index is -0.401. The molecular weight excluding hydrogens is 239 g/mol. The van der Waals surface area contributed by atoms with Crippen LogP contribution in [0.4, 0.5) is 4.39 Å². The van der Waals surface area contributed by atoms with E-state index in [2.05, 4.69) is 9.36 Å². The summed E-state index contributed by atoms with van der Waals surface area (Å²) in [6, 6.07) is 4.57. The Bertz CT molecular complexity index is 489. The molecule has 1 aromatic heterocycles. The van der Waals surface area contributed by atoms with Crippen LogP contribution in [0, 0.1) is 5.82 Å². The van der Waals surface area contributed by atoms with Gasteiger partial charge < -0.3 is 4.74 Å². The van der Waals surface area contributed by atoms with E-state index in [0.717, 1.165) is 11.5 Å². The smallest absolute Gasteiger partial charge is 0.234 e. The summed E-state index contributed by atoms with van der Waals surface area (Å²) >= 11 is 6.62. The lowest BCUT2D eigenvalue weighted by atomic mass is 10.2. The lowest BCUT2D eigenvalue weighted by Crippen LogP contribution is -1.90. The Morgan fingerprint density at radius 2 is 2.27 bits per heavy atom. The molecule has 2 rings (SSSR count). The SMILES string of the molecule is COc1cccc(F)c1-c1nc(Cl)ns1. The van der Waals surface area contributed by atoms with Crippen molar-refractivity contribution in [3.05, 3.63) is 29.3 Å². The molecule has 1 heterocycles. The molecule has 0 saturated heterocycles. The van der Waals surface area contributed by atoms with Gasteiger partial charge in [0, 0.05) is 0 Å². The molecule has 0 saturated carbocycles. The van der Waals surface area contributed by atoms with Gasteiger partial charge in [0.2, 0.25) is 5.28 Å². The lowest BCUT2D eigenvalue weighted by Gasteiger charge is -2.05. The second-order valence-electron chi connectivity index (χ2n) is 2.69. The van der Waals surface area contributed by atoms with Gasteiger partial charge in [0.05, 0.1) is 12.7 Å². The van der Waals surface area contributed by atoms with Gasteiger partial charge in [0.25, 0.3) is 0 Å². The maximum atomic E-state index is 13.5. The van der Waals surface area contributed by atoms with E-state index in [0.29, 0.717) is 16.3 Å². The fraction of sp³-hybridized carbons (Fsp3) is 0.111. The Morgan fingerprint density at radius 1 is 1.47 bits per heavy atom. The summed E-state index contributed by atoms with van der Waals surface area (Å²) in [5.74, 6) is 0.0185. The second kappa shape index (κ2) is 4.12. The van der Waals surface area contributed by atoms with Crippen LogP contribution in [0.25, 0.3) is 10.6 Å². The molecular formula is C9H6ClFN2OS. The molecule has 3 nitrogen and oxygen atoms in total. The molecule has 0 spiro atoms. The zero-order chi connectivity index (χ0) is 10.8. The van der Waals surface area contributed by atoms with E-state index < -0.39 is 5.82 Å². The predicted octanol–water partition coefficient (Wildman–Crippen LogP) is 3.01. The van der Waals surface area contributed by atoms with Gasteiger partial charge in [-0.1, -0.05) is 6.07 Å². The lowest BCUT2D eigenvalue weighted by molar-refractivity contribution is 0.413. The summed E-state index contributed by atoms with van der Waals surface area (Å²) in [6.07, 6.45) is 0. The topological polar surface area (TPSA) is 35.0 Å². The molecule has 0 aliphatic carbocycles. The fourth-order valence-corrected chi connectivity index (χ4v) is 2.05. The molecule has 0 N–H and O–H groups in total. The van der Waals surface area contributed by atoms with Crippen LogP contribution < -0.4 is 4.74 Å². The molecule has 0 aliphatic rings. The number of hydrogen-bond acceptors (Lipinski definition) is 4. The summed E-state index contributed by atoms with van der Waals surface area (Å²) in [4.78, 5) is 3.90. The Morgan fingerprint density at radius 3 is 2.87 bits per heavy atom. The maximum absolute atomic E-state index is 13.5. The number of ether oxygens (including phenoxy) is 1. The van der Waals surface area contributed by atoms with Crippen LogP contribution >= 0.6 is 23.1 Å². The van der Waals surface area contributed by atoms with Crippen LogP contribution in [0.1, 0.15) is 0 Å². The first kappa shape index (κ1) is 10.3. The summed E-state index contributed by atoms with van der Waals surface area (Å²) in [5.41, 5.74) is 0.296. The fourth-order valence-electron chi connectivity index (χ4n) is 1.19. The molecule has 1 aromatic carbocycles. The number of benzene rings is 1. The third-order valence-electron chi connectivity index (χ3n) is 1.81. The summed E-state index contributed by atoms with van der Waals surface area (Å²) in [6.45, 7) is 0. The molecule has 6 heteroatoms. The number of halogens is 2. The molecule has 0 amide bonds. The van der Waals surface area contributed by atoms with Crippen LogP contribution in [0.3, 0.4) is 0 Å². The zero-order valence-electron chi connectivity index (χ0n) is 7.70. The number of methoxy groups -OCH3 is 1. The molecule has 0 fully saturated rings. The third kappa shape index (κ3) is 1.93. The van der Waals surface area contributed by atoms with Crippen molar-refractivity contribution in [2.45, 2.75) is 0 Å². The Hall–Kier alpha value is -1.20. The molecule has 0 bridgehead atoms. The summed E-state index contributed by atoms with van der Waals surface area (Å²) < 4.78 is 22.4. The minimum Gasteiger partial charge on any atom is -0.496 e. The highest BCUT2D eigenvalue weighted by Crippen LogP contribution is 2.33. The van der Waals surface area contributed by atoms with E-state index in [4.69, 9.17) is 16.3 Å². The van der Waals surface area contributed by atoms with Crippen molar-refractivity contribution < 1.29 is 9.13 Å². The van der Waals surface area contributed by atoms with Gasteiger partial charge in [-0.3, -0.25) is 0 Å². The molecule has 0 unspecified atom stereocenters. The van der Waals surface area contributed by atoms with Crippen LogP contribution in [0.2, 0.25) is 5.28 Å². The van der Waals surface area contributed by atoms with Crippen LogP contribution in [-0.2, 0) is 0 Å². The largest absolute Gasteiger partial charge is 0.496 e. The average molecular weight is 245 g/mol. The van der Waals surface area contributed by atoms with Crippen molar-refractivity contribution in [2.24, 2.45) is 0 Å². The van der Waals surface area contributed by atoms with Crippen LogP contribution in [-0.4, -0.2) is 16.5 Å². The van der Waals surface area contributed by atoms with Gasteiger partial charge >= 0.3 is 0 Å². The number of nitrogens with zero attached hydrogens (tertiary/aromatic N) is 2. The van der Waals surface area contributed by atoms with Crippen LogP contribution in [0.5, 0.6) is 5.75 Å².